The molecule has 2 saturated heterocycles. The number of nitriles is 1. The maximum atomic E-state index is 13.5. The average molecular weight is 470 g/mol. The molecule has 2 aliphatic heterocycles. The summed E-state index contributed by atoms with van der Waals surface area (Å²) >= 11 is 0. The number of piperidine rings is 1. The van der Waals surface area contributed by atoms with Crippen molar-refractivity contribution in [2.45, 2.75) is 45.4 Å². The van der Waals surface area contributed by atoms with Crippen LogP contribution >= 0.6 is 0 Å². The van der Waals surface area contributed by atoms with E-state index in [1.807, 2.05) is 49.1 Å². The van der Waals surface area contributed by atoms with Gasteiger partial charge < -0.3 is 14.6 Å². The smallest absolute Gasteiger partial charge is 0.254 e. The van der Waals surface area contributed by atoms with Crippen LogP contribution < -0.4 is 0 Å². The van der Waals surface area contributed by atoms with Gasteiger partial charge in [-0.1, -0.05) is 24.3 Å². The lowest BCUT2D eigenvalue weighted by Crippen LogP contribution is -2.38. The molecule has 7 nitrogen and oxygen atoms in total. The van der Waals surface area contributed by atoms with Crippen LogP contribution in [0.1, 0.15) is 63.6 Å². The maximum Gasteiger partial charge on any atom is 0.254 e. The van der Waals surface area contributed by atoms with Gasteiger partial charge in [-0.3, -0.25) is 4.79 Å². The quantitative estimate of drug-likeness (QED) is 0.591. The number of H-pyrrole nitrogens is 1. The van der Waals surface area contributed by atoms with Gasteiger partial charge in [-0.25, -0.2) is 0 Å². The molecular formula is C28H31N5O2. The summed E-state index contributed by atoms with van der Waals surface area (Å²) in [7, 11) is 0. The first-order chi connectivity index (χ1) is 17.0. The summed E-state index contributed by atoms with van der Waals surface area (Å²) < 4.78 is 5.48. The van der Waals surface area contributed by atoms with Gasteiger partial charge in [-0.05, 0) is 73.8 Å². The number of hydrogen-bond acceptors (Lipinski definition) is 5. The lowest BCUT2D eigenvalue weighted by molar-refractivity contribution is 0.0712. The molecule has 180 valence electrons. The second kappa shape index (κ2) is 10.0. The Morgan fingerprint density at radius 2 is 1.94 bits per heavy atom. The minimum atomic E-state index is 0.0543. The highest BCUT2D eigenvalue weighted by Crippen LogP contribution is 2.32. The van der Waals surface area contributed by atoms with E-state index in [0.29, 0.717) is 36.3 Å². The van der Waals surface area contributed by atoms with Crippen molar-refractivity contribution in [2.75, 3.05) is 26.3 Å². The van der Waals surface area contributed by atoms with E-state index in [-0.39, 0.29) is 5.91 Å². The normalized spacial score (nSPS) is 18.5. The van der Waals surface area contributed by atoms with Crippen molar-refractivity contribution in [1.29, 1.82) is 5.26 Å². The Bertz CT molecular complexity index is 1260. The van der Waals surface area contributed by atoms with Crippen molar-refractivity contribution < 1.29 is 9.53 Å². The van der Waals surface area contributed by atoms with Crippen molar-refractivity contribution >= 4 is 5.91 Å². The number of aryl methyl sites for hydroxylation is 2. The molecular weight excluding hydrogens is 438 g/mol. The van der Waals surface area contributed by atoms with Crippen LogP contribution in [0, 0.1) is 31.1 Å². The average Bonchev–Trinajstić information content (AvgIpc) is 3.56. The standard InChI is InChI=1S/C28H31N5O2/c1-18-13-19(2)25(15-24(18)27-30-26(31-32-27)14-20-9-12-35-17-20)28(34)33-10-7-21(8-11-33)23-6-4-3-5-22(23)16-29/h3-6,13,15,20-21H,7-12,14,17H2,1-2H3,(H,30,31,32). The third kappa shape index (κ3) is 4.85. The molecule has 0 aliphatic carbocycles. The van der Waals surface area contributed by atoms with Gasteiger partial charge in [0.25, 0.3) is 5.91 Å². The molecule has 1 amide bonds. The number of nitrogens with zero attached hydrogens (tertiary/aromatic N) is 4. The van der Waals surface area contributed by atoms with Crippen molar-refractivity contribution in [3.05, 3.63) is 70.0 Å². The molecule has 1 atom stereocenters. The SMILES string of the molecule is Cc1cc(C)c(-c2nnc(CC3CCOC3)[nH]2)cc1C(=O)N1CCC(c2ccccc2C#N)CC1. The molecule has 2 aliphatic rings. The number of amides is 1. The first-order valence-corrected chi connectivity index (χ1v) is 12.4. The Morgan fingerprint density at radius 3 is 2.69 bits per heavy atom. The number of hydrogen-bond donors (Lipinski definition) is 1. The minimum Gasteiger partial charge on any atom is -0.381 e. The summed E-state index contributed by atoms with van der Waals surface area (Å²) in [6.07, 6.45) is 3.60. The summed E-state index contributed by atoms with van der Waals surface area (Å²) in [4.78, 5) is 18.8. The highest BCUT2D eigenvalue weighted by Gasteiger charge is 2.27. The number of likely N-dealkylation sites (tertiary alicyclic amines) is 1. The second-order valence-electron chi connectivity index (χ2n) is 9.80. The fraction of sp³-hybridized carbons (Fsp3) is 0.429. The van der Waals surface area contributed by atoms with E-state index < -0.39 is 0 Å². The first-order valence-electron chi connectivity index (χ1n) is 12.4. The molecule has 7 heteroatoms. The van der Waals surface area contributed by atoms with Gasteiger partial charge in [0.1, 0.15) is 5.82 Å². The monoisotopic (exact) mass is 469 g/mol. The molecule has 1 aromatic heterocycles. The predicted octanol–water partition coefficient (Wildman–Crippen LogP) is 4.56. The van der Waals surface area contributed by atoms with Crippen molar-refractivity contribution in [1.82, 2.24) is 20.1 Å². The summed E-state index contributed by atoms with van der Waals surface area (Å²) in [5, 5.41) is 18.2. The highest BCUT2D eigenvalue weighted by atomic mass is 16.5. The Labute approximate surface area is 206 Å². The Balaban J connectivity index is 1.31. The number of aromatic amines is 1. The molecule has 2 aromatic carbocycles. The molecule has 2 fully saturated rings. The number of carbonyl (C=O) groups is 1. The van der Waals surface area contributed by atoms with E-state index in [9.17, 15) is 10.1 Å². The van der Waals surface area contributed by atoms with Gasteiger partial charge in [0.15, 0.2) is 5.82 Å². The van der Waals surface area contributed by atoms with Crippen LogP contribution in [-0.2, 0) is 11.2 Å². The van der Waals surface area contributed by atoms with Crippen LogP contribution in [0.4, 0.5) is 0 Å². The Kier molecular flexibility index (Phi) is 6.65. The molecule has 0 bridgehead atoms. The molecule has 0 spiro atoms. The third-order valence-electron chi connectivity index (χ3n) is 7.40. The van der Waals surface area contributed by atoms with Gasteiger partial charge in [-0.2, -0.15) is 5.26 Å². The van der Waals surface area contributed by atoms with Gasteiger partial charge in [0, 0.05) is 43.9 Å². The second-order valence-corrected chi connectivity index (χ2v) is 9.80. The molecule has 3 heterocycles. The Hall–Kier alpha value is -3.50. The largest absolute Gasteiger partial charge is 0.381 e. The zero-order valence-electron chi connectivity index (χ0n) is 20.4. The fourth-order valence-electron chi connectivity index (χ4n) is 5.38. The summed E-state index contributed by atoms with van der Waals surface area (Å²) in [6, 6.07) is 14.1. The molecule has 1 unspecified atom stereocenters. The third-order valence-corrected chi connectivity index (χ3v) is 7.40. The topological polar surface area (TPSA) is 94.9 Å². The summed E-state index contributed by atoms with van der Waals surface area (Å²) in [5.41, 5.74) is 5.50. The lowest BCUT2D eigenvalue weighted by Gasteiger charge is -2.33. The number of aromatic nitrogens is 3. The van der Waals surface area contributed by atoms with E-state index in [1.165, 1.54) is 0 Å². The van der Waals surface area contributed by atoms with Crippen LogP contribution in [0.5, 0.6) is 0 Å². The van der Waals surface area contributed by atoms with Crippen LogP contribution in [0.2, 0.25) is 0 Å². The van der Waals surface area contributed by atoms with E-state index in [4.69, 9.17) is 4.74 Å². The fourth-order valence-corrected chi connectivity index (χ4v) is 5.38. The molecule has 3 aromatic rings. The van der Waals surface area contributed by atoms with Gasteiger partial charge >= 0.3 is 0 Å². The van der Waals surface area contributed by atoms with E-state index in [1.54, 1.807) is 0 Å². The zero-order valence-corrected chi connectivity index (χ0v) is 20.4. The first kappa shape index (κ1) is 23.3. The van der Waals surface area contributed by atoms with E-state index >= 15 is 0 Å². The van der Waals surface area contributed by atoms with Crippen molar-refractivity contribution in [3.8, 4) is 17.5 Å². The van der Waals surface area contributed by atoms with E-state index in [2.05, 4.69) is 27.3 Å². The zero-order chi connectivity index (χ0) is 24.4. The number of rotatable bonds is 5. The summed E-state index contributed by atoms with van der Waals surface area (Å²) in [5.74, 6) is 2.41. The maximum absolute atomic E-state index is 13.5. The summed E-state index contributed by atoms with van der Waals surface area (Å²) in [6.45, 7) is 6.99. The van der Waals surface area contributed by atoms with Crippen LogP contribution in [0.3, 0.4) is 0 Å². The van der Waals surface area contributed by atoms with Crippen LogP contribution in [0.25, 0.3) is 11.4 Å². The van der Waals surface area contributed by atoms with Crippen LogP contribution in [-0.4, -0.2) is 52.3 Å². The number of ether oxygens (including phenoxy) is 1. The highest BCUT2D eigenvalue weighted by molar-refractivity contribution is 5.97. The Morgan fingerprint density at radius 1 is 1.14 bits per heavy atom. The van der Waals surface area contributed by atoms with Crippen LogP contribution in [0.15, 0.2) is 36.4 Å². The molecule has 5 rings (SSSR count). The molecule has 0 radical (unpaired) electrons. The molecule has 0 saturated carbocycles. The number of carbonyl (C=O) groups excluding carboxylic acids is 1. The lowest BCUT2D eigenvalue weighted by atomic mass is 9.86. The van der Waals surface area contributed by atoms with E-state index in [0.717, 1.165) is 72.5 Å². The number of benzene rings is 2. The molecule has 1 N–H and O–H groups in total. The molecule has 35 heavy (non-hydrogen) atoms. The van der Waals surface area contributed by atoms with Crippen molar-refractivity contribution in [3.63, 3.8) is 0 Å². The van der Waals surface area contributed by atoms with Crippen molar-refractivity contribution in [2.24, 2.45) is 5.92 Å². The minimum absolute atomic E-state index is 0.0543. The van der Waals surface area contributed by atoms with Gasteiger partial charge in [-0.15, -0.1) is 10.2 Å². The predicted molar refractivity (Wildman–Crippen MR) is 133 cm³/mol. The van der Waals surface area contributed by atoms with Gasteiger partial charge in [0.2, 0.25) is 0 Å². The number of nitrogens with one attached hydrogen (secondary N) is 1. The van der Waals surface area contributed by atoms with Gasteiger partial charge in [0.05, 0.1) is 11.6 Å².